The van der Waals surface area contributed by atoms with Crippen LogP contribution in [0.15, 0.2) is 12.1 Å². The molecule has 0 unspecified atom stereocenters. The second kappa shape index (κ2) is 6.79. The van der Waals surface area contributed by atoms with E-state index in [4.69, 9.17) is 21.4 Å². The maximum absolute atomic E-state index is 8.92. The van der Waals surface area contributed by atoms with E-state index in [0.29, 0.717) is 0 Å². The summed E-state index contributed by atoms with van der Waals surface area (Å²) in [4.78, 5) is 0. The molecule has 2 N–H and O–H groups in total. The van der Waals surface area contributed by atoms with Crippen LogP contribution in [0.4, 0.5) is 0 Å². The van der Waals surface area contributed by atoms with Gasteiger partial charge in [-0.05, 0) is 36.0 Å². The van der Waals surface area contributed by atoms with Crippen molar-refractivity contribution >= 4 is 11.6 Å². The Bertz CT molecular complexity index is 460. The van der Waals surface area contributed by atoms with Crippen molar-refractivity contribution in [3.05, 3.63) is 28.3 Å². The van der Waals surface area contributed by atoms with Gasteiger partial charge in [0.05, 0.1) is 6.61 Å². The second-order valence-electron chi connectivity index (χ2n) is 6.25. The van der Waals surface area contributed by atoms with Crippen molar-refractivity contribution in [2.24, 2.45) is 5.41 Å². The first-order valence-electron chi connectivity index (χ1n) is 7.27. The third-order valence-corrected chi connectivity index (χ3v) is 3.97. The van der Waals surface area contributed by atoms with Crippen LogP contribution in [0.2, 0.25) is 5.02 Å². The first-order chi connectivity index (χ1) is 9.52. The van der Waals surface area contributed by atoms with Gasteiger partial charge in [0.15, 0.2) is 0 Å². The molecule has 3 nitrogen and oxygen atoms in total. The van der Waals surface area contributed by atoms with E-state index >= 15 is 0 Å². The number of fused-ring (bicyclic) bond motifs is 1. The third kappa shape index (κ3) is 4.11. The van der Waals surface area contributed by atoms with Crippen molar-refractivity contribution in [3.63, 3.8) is 0 Å². The van der Waals surface area contributed by atoms with Gasteiger partial charge in [-0.3, -0.25) is 0 Å². The van der Waals surface area contributed by atoms with Crippen LogP contribution < -0.4 is 10.1 Å². The predicted octanol–water partition coefficient (Wildman–Crippen LogP) is 3.16. The summed E-state index contributed by atoms with van der Waals surface area (Å²) >= 11 is 6.15. The molecule has 0 saturated carbocycles. The van der Waals surface area contributed by atoms with Crippen molar-refractivity contribution in [2.45, 2.75) is 39.7 Å². The van der Waals surface area contributed by atoms with Gasteiger partial charge in [0, 0.05) is 36.7 Å². The summed E-state index contributed by atoms with van der Waals surface area (Å²) in [6, 6.07) is 3.98. The first kappa shape index (κ1) is 15.6. The monoisotopic (exact) mass is 297 g/mol. The maximum atomic E-state index is 8.92. The van der Waals surface area contributed by atoms with Crippen molar-refractivity contribution in [1.29, 1.82) is 0 Å². The molecule has 0 spiro atoms. The van der Waals surface area contributed by atoms with E-state index in [1.807, 2.05) is 12.1 Å². The highest BCUT2D eigenvalue weighted by atomic mass is 35.5. The molecule has 0 aromatic heterocycles. The van der Waals surface area contributed by atoms with Gasteiger partial charge >= 0.3 is 0 Å². The molecule has 0 radical (unpaired) electrons. The van der Waals surface area contributed by atoms with Crippen molar-refractivity contribution in [1.82, 2.24) is 5.32 Å². The lowest BCUT2D eigenvalue weighted by atomic mass is 9.88. The van der Waals surface area contributed by atoms with Crippen LogP contribution in [0, 0.1) is 5.41 Å². The Hall–Kier alpha value is -0.770. The molecule has 0 saturated heterocycles. The number of benzene rings is 1. The zero-order valence-corrected chi connectivity index (χ0v) is 13.1. The topological polar surface area (TPSA) is 41.5 Å². The number of aliphatic hydroxyl groups is 1. The maximum Gasteiger partial charge on any atom is 0.127 e. The average molecular weight is 298 g/mol. The molecule has 0 aliphatic carbocycles. The average Bonchev–Trinajstić information content (AvgIpc) is 2.84. The molecule has 1 heterocycles. The van der Waals surface area contributed by atoms with E-state index < -0.39 is 0 Å². The fourth-order valence-electron chi connectivity index (χ4n) is 2.66. The van der Waals surface area contributed by atoms with Crippen LogP contribution in [-0.2, 0) is 13.0 Å². The second-order valence-corrected chi connectivity index (χ2v) is 6.68. The normalized spacial score (nSPS) is 14.2. The molecule has 112 valence electrons. The summed E-state index contributed by atoms with van der Waals surface area (Å²) in [5.41, 5.74) is 2.54. The highest BCUT2D eigenvalue weighted by molar-refractivity contribution is 6.30. The molecule has 1 aliphatic rings. The molecular weight excluding hydrogens is 274 g/mol. The predicted molar refractivity (Wildman–Crippen MR) is 82.5 cm³/mol. The molecule has 1 aliphatic heterocycles. The molecular formula is C16H24ClNO2. The number of hydrogen-bond donors (Lipinski definition) is 2. The minimum Gasteiger partial charge on any atom is -0.493 e. The quantitative estimate of drug-likeness (QED) is 0.812. The largest absolute Gasteiger partial charge is 0.493 e. The van der Waals surface area contributed by atoms with Crippen LogP contribution in [0.1, 0.15) is 37.8 Å². The standard InChI is InChI=1S/C16H24ClNO2/c1-16(2,5-3-6-19)11-18-10-13-9-14(17)8-12-4-7-20-15(12)13/h8-9,18-19H,3-7,10-11H2,1-2H3. The number of nitrogens with one attached hydrogen (secondary N) is 1. The number of halogens is 1. The molecule has 0 atom stereocenters. The van der Waals surface area contributed by atoms with Crippen LogP contribution in [0.5, 0.6) is 5.75 Å². The zero-order valence-electron chi connectivity index (χ0n) is 12.3. The van der Waals surface area contributed by atoms with Gasteiger partial charge in [0.25, 0.3) is 0 Å². The van der Waals surface area contributed by atoms with Gasteiger partial charge in [-0.15, -0.1) is 0 Å². The van der Waals surface area contributed by atoms with Gasteiger partial charge in [0.2, 0.25) is 0 Å². The number of ether oxygens (including phenoxy) is 1. The number of rotatable bonds is 7. The van der Waals surface area contributed by atoms with Crippen LogP contribution in [0.25, 0.3) is 0 Å². The Morgan fingerprint density at radius 3 is 2.95 bits per heavy atom. The number of hydrogen-bond acceptors (Lipinski definition) is 3. The van der Waals surface area contributed by atoms with Crippen molar-refractivity contribution in [3.8, 4) is 5.75 Å². The minimum absolute atomic E-state index is 0.186. The highest BCUT2D eigenvalue weighted by Gasteiger charge is 2.19. The Morgan fingerprint density at radius 2 is 2.20 bits per heavy atom. The Labute approximate surface area is 126 Å². The molecule has 1 aromatic carbocycles. The molecule has 1 aromatic rings. The van der Waals surface area contributed by atoms with E-state index in [1.54, 1.807) is 0 Å². The molecule has 0 bridgehead atoms. The Morgan fingerprint density at radius 1 is 1.40 bits per heavy atom. The summed E-state index contributed by atoms with van der Waals surface area (Å²) in [6.07, 6.45) is 2.82. The Balaban J connectivity index is 1.92. The zero-order chi connectivity index (χ0) is 14.6. The SMILES string of the molecule is CC(C)(CCCO)CNCc1cc(Cl)cc2c1OCC2. The summed E-state index contributed by atoms with van der Waals surface area (Å²) in [5.74, 6) is 1.01. The van der Waals surface area contributed by atoms with Crippen molar-refractivity contribution < 1.29 is 9.84 Å². The highest BCUT2D eigenvalue weighted by Crippen LogP contribution is 2.33. The first-order valence-corrected chi connectivity index (χ1v) is 7.65. The van der Waals surface area contributed by atoms with Gasteiger partial charge in [-0.2, -0.15) is 0 Å². The van der Waals surface area contributed by atoms with E-state index in [-0.39, 0.29) is 12.0 Å². The smallest absolute Gasteiger partial charge is 0.127 e. The van der Waals surface area contributed by atoms with E-state index in [9.17, 15) is 0 Å². The lowest BCUT2D eigenvalue weighted by molar-refractivity contribution is 0.236. The molecule has 4 heteroatoms. The Kier molecular flexibility index (Phi) is 5.30. The summed E-state index contributed by atoms with van der Waals surface area (Å²) in [5, 5.41) is 13.2. The lowest BCUT2D eigenvalue weighted by Crippen LogP contribution is -2.29. The fourth-order valence-corrected chi connectivity index (χ4v) is 2.92. The van der Waals surface area contributed by atoms with Gasteiger partial charge in [-0.1, -0.05) is 25.4 Å². The fraction of sp³-hybridized carbons (Fsp3) is 0.625. The van der Waals surface area contributed by atoms with Gasteiger partial charge < -0.3 is 15.2 Å². The van der Waals surface area contributed by atoms with E-state index in [1.165, 1.54) is 5.56 Å². The van der Waals surface area contributed by atoms with E-state index in [2.05, 4.69) is 19.2 Å². The minimum atomic E-state index is 0.186. The van der Waals surface area contributed by atoms with Crippen LogP contribution in [-0.4, -0.2) is 24.9 Å². The van der Waals surface area contributed by atoms with Gasteiger partial charge in [0.1, 0.15) is 5.75 Å². The summed E-state index contributed by atoms with van der Waals surface area (Å²) < 4.78 is 5.70. The van der Waals surface area contributed by atoms with Gasteiger partial charge in [-0.25, -0.2) is 0 Å². The molecule has 0 fully saturated rings. The van der Waals surface area contributed by atoms with E-state index in [0.717, 1.165) is 55.3 Å². The third-order valence-electron chi connectivity index (χ3n) is 3.76. The number of aliphatic hydroxyl groups excluding tert-OH is 1. The molecule has 2 rings (SSSR count). The summed E-state index contributed by atoms with van der Waals surface area (Å²) in [7, 11) is 0. The van der Waals surface area contributed by atoms with Crippen molar-refractivity contribution in [2.75, 3.05) is 19.8 Å². The molecule has 20 heavy (non-hydrogen) atoms. The lowest BCUT2D eigenvalue weighted by Gasteiger charge is -2.25. The summed E-state index contributed by atoms with van der Waals surface area (Å²) in [6.45, 7) is 7.13. The van der Waals surface area contributed by atoms with Crippen LogP contribution in [0.3, 0.4) is 0 Å². The van der Waals surface area contributed by atoms with Crippen LogP contribution >= 0.6 is 11.6 Å². The molecule has 0 amide bonds.